The van der Waals surface area contributed by atoms with Gasteiger partial charge in [-0.05, 0) is 50.2 Å². The highest BCUT2D eigenvalue weighted by Gasteiger charge is 2.46. The first-order valence-electron chi connectivity index (χ1n) is 7.40. The Labute approximate surface area is 149 Å². The number of thioether (sulfide) groups is 1. The molecule has 2 aromatic rings. The van der Waals surface area contributed by atoms with Gasteiger partial charge in [0, 0.05) is 0 Å². The number of amidine groups is 1. The summed E-state index contributed by atoms with van der Waals surface area (Å²) in [6, 6.07) is 13.1. The SMILES string of the molecule is CC1(C)S/C(=N/S(=O)(=O)c2ccc(F)cc2)N(c2ccccc2)C1=O. The lowest BCUT2D eigenvalue weighted by atomic mass is 10.1. The van der Waals surface area contributed by atoms with Gasteiger partial charge in [0.05, 0.1) is 15.3 Å². The summed E-state index contributed by atoms with van der Waals surface area (Å²) in [6.45, 7) is 3.42. The van der Waals surface area contributed by atoms with E-state index >= 15 is 0 Å². The summed E-state index contributed by atoms with van der Waals surface area (Å²) in [7, 11) is -4.07. The van der Waals surface area contributed by atoms with Crippen LogP contribution in [0.15, 0.2) is 63.9 Å². The lowest BCUT2D eigenvalue weighted by molar-refractivity contribution is -0.118. The summed E-state index contributed by atoms with van der Waals surface area (Å²) < 4.78 is 41.1. The Bertz CT molecular complexity index is 940. The van der Waals surface area contributed by atoms with E-state index in [0.29, 0.717) is 5.69 Å². The molecule has 0 radical (unpaired) electrons. The highest BCUT2D eigenvalue weighted by atomic mass is 32.2. The predicted octanol–water partition coefficient (Wildman–Crippen LogP) is 3.43. The molecule has 1 fully saturated rings. The van der Waals surface area contributed by atoms with Crippen molar-refractivity contribution >= 4 is 38.5 Å². The van der Waals surface area contributed by atoms with E-state index in [9.17, 15) is 17.6 Å². The summed E-state index contributed by atoms with van der Waals surface area (Å²) in [6.07, 6.45) is 0. The highest BCUT2D eigenvalue weighted by Crippen LogP contribution is 2.40. The molecule has 1 aliphatic heterocycles. The van der Waals surface area contributed by atoms with Crippen molar-refractivity contribution in [2.24, 2.45) is 4.40 Å². The van der Waals surface area contributed by atoms with Gasteiger partial charge >= 0.3 is 0 Å². The Morgan fingerprint density at radius 1 is 1.04 bits per heavy atom. The molecule has 1 amide bonds. The molecule has 0 bridgehead atoms. The second-order valence-electron chi connectivity index (χ2n) is 5.89. The Kier molecular flexibility index (Phi) is 4.42. The summed E-state index contributed by atoms with van der Waals surface area (Å²) in [5, 5.41) is 0.0746. The number of rotatable bonds is 3. The van der Waals surface area contributed by atoms with Crippen molar-refractivity contribution in [3.8, 4) is 0 Å². The predicted molar refractivity (Wildman–Crippen MR) is 96.6 cm³/mol. The molecule has 1 saturated heterocycles. The highest BCUT2D eigenvalue weighted by molar-refractivity contribution is 8.17. The first-order chi connectivity index (χ1) is 11.7. The molecule has 0 saturated carbocycles. The summed E-state index contributed by atoms with van der Waals surface area (Å²) in [5.74, 6) is -0.791. The second-order valence-corrected chi connectivity index (χ2v) is 9.09. The molecule has 1 aliphatic rings. The molecule has 2 aromatic carbocycles. The maximum absolute atomic E-state index is 13.0. The first-order valence-corrected chi connectivity index (χ1v) is 9.65. The number of halogens is 1. The summed E-state index contributed by atoms with van der Waals surface area (Å²) in [4.78, 5) is 13.8. The number of benzene rings is 2. The van der Waals surface area contributed by atoms with Crippen molar-refractivity contribution in [1.29, 1.82) is 0 Å². The third-order valence-electron chi connectivity index (χ3n) is 3.58. The van der Waals surface area contributed by atoms with Crippen molar-refractivity contribution in [2.45, 2.75) is 23.5 Å². The lowest BCUT2D eigenvalue weighted by Crippen LogP contribution is -2.36. The molecule has 0 atom stereocenters. The van der Waals surface area contributed by atoms with Gasteiger partial charge in [0.25, 0.3) is 10.0 Å². The average Bonchev–Trinajstić information content (AvgIpc) is 2.77. The van der Waals surface area contributed by atoms with Gasteiger partial charge in [0.15, 0.2) is 5.17 Å². The van der Waals surface area contributed by atoms with Crippen LogP contribution >= 0.6 is 11.8 Å². The third-order valence-corrected chi connectivity index (χ3v) is 6.12. The van der Waals surface area contributed by atoms with E-state index in [-0.39, 0.29) is 16.0 Å². The van der Waals surface area contributed by atoms with E-state index in [1.807, 2.05) is 0 Å². The normalized spacial score (nSPS) is 18.8. The minimum absolute atomic E-state index is 0.0746. The fourth-order valence-corrected chi connectivity index (χ4v) is 4.53. The van der Waals surface area contributed by atoms with Crippen LogP contribution in [0.4, 0.5) is 10.1 Å². The Balaban J connectivity index is 2.08. The molecule has 0 aromatic heterocycles. The average molecular weight is 378 g/mol. The van der Waals surface area contributed by atoms with E-state index in [4.69, 9.17) is 0 Å². The van der Waals surface area contributed by atoms with E-state index in [0.717, 1.165) is 36.0 Å². The fraction of sp³-hybridized carbons (Fsp3) is 0.176. The van der Waals surface area contributed by atoms with Gasteiger partial charge in [-0.3, -0.25) is 9.69 Å². The van der Waals surface area contributed by atoms with Crippen LogP contribution in [0.25, 0.3) is 0 Å². The third kappa shape index (κ3) is 3.45. The molecule has 3 rings (SSSR count). The van der Waals surface area contributed by atoms with E-state index in [2.05, 4.69) is 4.40 Å². The number of hydrogen-bond donors (Lipinski definition) is 0. The van der Waals surface area contributed by atoms with Crippen LogP contribution in [0, 0.1) is 5.82 Å². The Morgan fingerprint density at radius 2 is 1.64 bits per heavy atom. The Morgan fingerprint density at radius 3 is 2.24 bits per heavy atom. The minimum atomic E-state index is -4.07. The van der Waals surface area contributed by atoms with Crippen molar-refractivity contribution in [1.82, 2.24) is 0 Å². The maximum Gasteiger partial charge on any atom is 0.284 e. The van der Waals surface area contributed by atoms with Crippen molar-refractivity contribution in [3.63, 3.8) is 0 Å². The molecule has 0 unspecified atom stereocenters. The van der Waals surface area contributed by atoms with Crippen LogP contribution in [-0.2, 0) is 14.8 Å². The van der Waals surface area contributed by atoms with Gasteiger partial charge in [0.1, 0.15) is 5.82 Å². The quantitative estimate of drug-likeness (QED) is 0.821. The minimum Gasteiger partial charge on any atom is -0.272 e. The Hall–Kier alpha value is -2.19. The molecule has 5 nitrogen and oxygen atoms in total. The number of carbonyl (C=O) groups is 1. The van der Waals surface area contributed by atoms with Gasteiger partial charge in [-0.25, -0.2) is 4.39 Å². The summed E-state index contributed by atoms with van der Waals surface area (Å²) in [5.41, 5.74) is 0.540. The topological polar surface area (TPSA) is 66.8 Å². The molecule has 0 aliphatic carbocycles. The van der Waals surface area contributed by atoms with Gasteiger partial charge in [0.2, 0.25) is 5.91 Å². The van der Waals surface area contributed by atoms with Crippen LogP contribution in [0.3, 0.4) is 0 Å². The van der Waals surface area contributed by atoms with Crippen LogP contribution in [0.5, 0.6) is 0 Å². The summed E-state index contributed by atoms with van der Waals surface area (Å²) >= 11 is 1.08. The van der Waals surface area contributed by atoms with Gasteiger partial charge in [-0.15, -0.1) is 4.40 Å². The number of carbonyl (C=O) groups excluding carboxylic acids is 1. The molecular formula is C17H15FN2O3S2. The largest absolute Gasteiger partial charge is 0.284 e. The van der Waals surface area contributed by atoms with Gasteiger partial charge in [-0.1, -0.05) is 30.0 Å². The fourth-order valence-electron chi connectivity index (χ4n) is 2.30. The molecule has 0 N–H and O–H groups in total. The maximum atomic E-state index is 13.0. The van der Waals surface area contributed by atoms with Crippen LogP contribution in [0.1, 0.15) is 13.8 Å². The number of nitrogens with zero attached hydrogens (tertiary/aromatic N) is 2. The molecule has 0 spiro atoms. The number of hydrogen-bond acceptors (Lipinski definition) is 4. The number of sulfonamides is 1. The monoisotopic (exact) mass is 378 g/mol. The van der Waals surface area contributed by atoms with Crippen molar-refractivity contribution in [3.05, 3.63) is 60.4 Å². The number of anilines is 1. The molecule has 8 heteroatoms. The van der Waals surface area contributed by atoms with Crippen LogP contribution < -0.4 is 4.90 Å². The molecule has 130 valence electrons. The zero-order valence-corrected chi connectivity index (χ0v) is 15.1. The van der Waals surface area contributed by atoms with E-state index in [1.165, 1.54) is 4.90 Å². The van der Waals surface area contributed by atoms with E-state index < -0.39 is 20.6 Å². The van der Waals surface area contributed by atoms with Crippen molar-refractivity contribution < 1.29 is 17.6 Å². The second kappa shape index (κ2) is 6.27. The van der Waals surface area contributed by atoms with Gasteiger partial charge in [-0.2, -0.15) is 8.42 Å². The number of para-hydroxylation sites is 1. The standard InChI is InChI=1S/C17H15FN2O3S2/c1-17(2)15(21)20(13-6-4-3-5-7-13)16(24-17)19-25(22,23)14-10-8-12(18)9-11-14/h3-11H,1-2H3/b19-16+. The van der Waals surface area contributed by atoms with Crippen molar-refractivity contribution in [2.75, 3.05) is 4.90 Å². The molecular weight excluding hydrogens is 363 g/mol. The number of amides is 1. The van der Waals surface area contributed by atoms with E-state index in [1.54, 1.807) is 44.2 Å². The zero-order chi connectivity index (χ0) is 18.2. The lowest BCUT2D eigenvalue weighted by Gasteiger charge is -2.17. The first kappa shape index (κ1) is 17.6. The molecule has 1 heterocycles. The zero-order valence-electron chi connectivity index (χ0n) is 13.5. The van der Waals surface area contributed by atoms with Crippen LogP contribution in [0.2, 0.25) is 0 Å². The smallest absolute Gasteiger partial charge is 0.272 e. The van der Waals surface area contributed by atoms with Gasteiger partial charge < -0.3 is 0 Å². The molecule has 25 heavy (non-hydrogen) atoms. The van der Waals surface area contributed by atoms with Crippen LogP contribution in [-0.4, -0.2) is 24.2 Å².